The smallest absolute Gasteiger partial charge is 0.265 e. The fraction of sp³-hybridized carbons (Fsp3) is 0.423. The van der Waals surface area contributed by atoms with Gasteiger partial charge in [0.2, 0.25) is 11.8 Å². The average molecular weight is 450 g/mol. The van der Waals surface area contributed by atoms with Crippen molar-refractivity contribution in [3.63, 3.8) is 0 Å². The Labute approximate surface area is 194 Å². The molecular weight excluding hydrogens is 418 g/mol. The summed E-state index contributed by atoms with van der Waals surface area (Å²) in [4.78, 5) is 42.1. The molecule has 7 heteroatoms. The molecule has 1 saturated carbocycles. The molecule has 2 aromatic carbocycles. The van der Waals surface area contributed by atoms with E-state index in [-0.39, 0.29) is 36.9 Å². The van der Waals surface area contributed by atoms with Crippen LogP contribution in [0.1, 0.15) is 38.2 Å². The Morgan fingerprint density at radius 2 is 1.79 bits per heavy atom. The molecule has 1 aliphatic carbocycles. The Balaban J connectivity index is 1.50. The summed E-state index contributed by atoms with van der Waals surface area (Å²) in [6, 6.07) is 16.6. The Bertz CT molecular complexity index is 988. The Morgan fingerprint density at radius 3 is 2.55 bits per heavy atom. The van der Waals surface area contributed by atoms with Crippen LogP contribution in [0.3, 0.4) is 0 Å². The summed E-state index contributed by atoms with van der Waals surface area (Å²) >= 11 is 0. The molecule has 2 aliphatic rings. The maximum atomic E-state index is 13.5. The quantitative estimate of drug-likeness (QED) is 0.672. The van der Waals surface area contributed by atoms with E-state index in [1.165, 1.54) is 4.90 Å². The molecule has 0 spiro atoms. The topological polar surface area (TPSA) is 79.0 Å². The maximum Gasteiger partial charge on any atom is 0.265 e. The molecule has 1 N–H and O–H groups in total. The molecule has 1 aliphatic heterocycles. The van der Waals surface area contributed by atoms with E-state index in [4.69, 9.17) is 4.74 Å². The number of hydrogen-bond acceptors (Lipinski definition) is 4. The minimum atomic E-state index is -0.631. The third-order valence-corrected chi connectivity index (χ3v) is 6.45. The molecule has 0 bridgehead atoms. The number of para-hydroxylation sites is 2. The Hall–Kier alpha value is -3.35. The highest BCUT2D eigenvalue weighted by Crippen LogP contribution is 2.31. The third kappa shape index (κ3) is 5.53. The van der Waals surface area contributed by atoms with Gasteiger partial charge in [-0.3, -0.25) is 19.3 Å². The molecule has 33 heavy (non-hydrogen) atoms. The normalized spacial score (nSPS) is 16.6. The first-order chi connectivity index (χ1) is 16.0. The highest BCUT2D eigenvalue weighted by Gasteiger charge is 2.32. The van der Waals surface area contributed by atoms with Crippen LogP contribution in [-0.2, 0) is 20.8 Å². The van der Waals surface area contributed by atoms with Gasteiger partial charge in [0, 0.05) is 12.6 Å². The van der Waals surface area contributed by atoms with E-state index in [1.54, 1.807) is 24.0 Å². The van der Waals surface area contributed by atoms with Gasteiger partial charge in [-0.05, 0) is 43.9 Å². The van der Waals surface area contributed by atoms with Crippen molar-refractivity contribution in [3.8, 4) is 5.75 Å². The first kappa shape index (κ1) is 22.8. The number of carbonyl (C=O) groups is 3. The summed E-state index contributed by atoms with van der Waals surface area (Å²) in [6.45, 7) is 1.92. The van der Waals surface area contributed by atoms with Crippen molar-refractivity contribution in [1.82, 2.24) is 10.2 Å². The van der Waals surface area contributed by atoms with E-state index < -0.39 is 6.04 Å². The van der Waals surface area contributed by atoms with E-state index in [9.17, 15) is 14.4 Å². The lowest BCUT2D eigenvalue weighted by Crippen LogP contribution is -2.54. The molecule has 1 heterocycles. The zero-order chi connectivity index (χ0) is 23.2. The first-order valence-corrected chi connectivity index (χ1v) is 11.7. The summed E-state index contributed by atoms with van der Waals surface area (Å²) in [5, 5.41) is 3.11. The Morgan fingerprint density at radius 1 is 1.09 bits per heavy atom. The number of ether oxygens (including phenoxy) is 1. The molecule has 174 valence electrons. The van der Waals surface area contributed by atoms with E-state index in [0.29, 0.717) is 24.4 Å². The molecular formula is C26H31N3O4. The number of hydrogen-bond donors (Lipinski definition) is 1. The number of amides is 3. The molecule has 3 amide bonds. The molecule has 0 radical (unpaired) electrons. The van der Waals surface area contributed by atoms with Crippen LogP contribution in [0.2, 0.25) is 0 Å². The number of anilines is 1. The SMILES string of the molecule is CC(C(=O)NC1CCCC1)N(CCc1ccccc1)C(=O)CN1C(=O)COc2ccccc21. The molecule has 0 saturated heterocycles. The van der Waals surface area contributed by atoms with Crippen molar-refractivity contribution >= 4 is 23.4 Å². The van der Waals surface area contributed by atoms with E-state index in [2.05, 4.69) is 5.32 Å². The predicted molar refractivity (Wildman–Crippen MR) is 126 cm³/mol. The molecule has 1 unspecified atom stereocenters. The van der Waals surface area contributed by atoms with Crippen LogP contribution < -0.4 is 15.0 Å². The highest BCUT2D eigenvalue weighted by atomic mass is 16.5. The van der Waals surface area contributed by atoms with Crippen LogP contribution in [0, 0.1) is 0 Å². The first-order valence-electron chi connectivity index (χ1n) is 11.7. The van der Waals surface area contributed by atoms with Gasteiger partial charge in [-0.25, -0.2) is 0 Å². The number of nitrogens with zero attached hydrogens (tertiary/aromatic N) is 2. The van der Waals surface area contributed by atoms with E-state index in [0.717, 1.165) is 31.2 Å². The van der Waals surface area contributed by atoms with Gasteiger partial charge in [-0.1, -0.05) is 55.3 Å². The molecule has 7 nitrogen and oxygen atoms in total. The van der Waals surface area contributed by atoms with Gasteiger partial charge < -0.3 is 15.0 Å². The van der Waals surface area contributed by atoms with Crippen molar-refractivity contribution < 1.29 is 19.1 Å². The molecule has 0 aromatic heterocycles. The molecule has 1 fully saturated rings. The number of fused-ring (bicyclic) bond motifs is 1. The maximum absolute atomic E-state index is 13.5. The fourth-order valence-corrected chi connectivity index (χ4v) is 4.52. The average Bonchev–Trinajstić information content (AvgIpc) is 3.34. The zero-order valence-electron chi connectivity index (χ0n) is 19.0. The lowest BCUT2D eigenvalue weighted by atomic mass is 10.1. The molecule has 2 aromatic rings. The summed E-state index contributed by atoms with van der Waals surface area (Å²) in [6.07, 6.45) is 4.83. The molecule has 4 rings (SSSR count). The molecule has 1 atom stereocenters. The van der Waals surface area contributed by atoms with Gasteiger partial charge in [-0.2, -0.15) is 0 Å². The van der Waals surface area contributed by atoms with Crippen LogP contribution >= 0.6 is 0 Å². The van der Waals surface area contributed by atoms with Crippen molar-refractivity contribution in [3.05, 3.63) is 60.2 Å². The van der Waals surface area contributed by atoms with Crippen LogP contribution in [0.4, 0.5) is 5.69 Å². The van der Waals surface area contributed by atoms with Gasteiger partial charge in [0.15, 0.2) is 6.61 Å². The fourth-order valence-electron chi connectivity index (χ4n) is 4.52. The van der Waals surface area contributed by atoms with E-state index in [1.807, 2.05) is 42.5 Å². The lowest BCUT2D eigenvalue weighted by Gasteiger charge is -2.33. The summed E-state index contributed by atoms with van der Waals surface area (Å²) in [7, 11) is 0. The van der Waals surface area contributed by atoms with Crippen LogP contribution in [-0.4, -0.2) is 54.4 Å². The van der Waals surface area contributed by atoms with Gasteiger partial charge in [0.1, 0.15) is 18.3 Å². The van der Waals surface area contributed by atoms with Crippen LogP contribution in [0.15, 0.2) is 54.6 Å². The predicted octanol–water partition coefficient (Wildman–Crippen LogP) is 2.93. The summed E-state index contributed by atoms with van der Waals surface area (Å²) < 4.78 is 5.49. The second-order valence-electron chi connectivity index (χ2n) is 8.72. The number of benzene rings is 2. The number of carbonyl (C=O) groups excluding carboxylic acids is 3. The minimum absolute atomic E-state index is 0.105. The number of rotatable bonds is 8. The Kier molecular flexibility index (Phi) is 7.27. The van der Waals surface area contributed by atoms with Crippen molar-refractivity contribution in [2.45, 2.75) is 51.1 Å². The van der Waals surface area contributed by atoms with Crippen molar-refractivity contribution in [2.24, 2.45) is 0 Å². The van der Waals surface area contributed by atoms with Crippen LogP contribution in [0.5, 0.6) is 5.75 Å². The second-order valence-corrected chi connectivity index (χ2v) is 8.72. The minimum Gasteiger partial charge on any atom is -0.482 e. The highest BCUT2D eigenvalue weighted by molar-refractivity contribution is 6.02. The van der Waals surface area contributed by atoms with Crippen molar-refractivity contribution in [2.75, 3.05) is 24.6 Å². The largest absolute Gasteiger partial charge is 0.482 e. The van der Waals surface area contributed by atoms with Crippen LogP contribution in [0.25, 0.3) is 0 Å². The monoisotopic (exact) mass is 449 g/mol. The zero-order valence-corrected chi connectivity index (χ0v) is 19.0. The van der Waals surface area contributed by atoms with Gasteiger partial charge >= 0.3 is 0 Å². The third-order valence-electron chi connectivity index (χ3n) is 6.45. The lowest BCUT2D eigenvalue weighted by molar-refractivity contribution is -0.139. The van der Waals surface area contributed by atoms with Gasteiger partial charge in [0.05, 0.1) is 5.69 Å². The standard InChI is InChI=1S/C26H31N3O4/c1-19(26(32)27-21-11-5-6-12-21)28(16-15-20-9-3-2-4-10-20)24(30)17-29-22-13-7-8-14-23(22)33-18-25(29)31/h2-4,7-10,13-14,19,21H,5-6,11-12,15-18H2,1H3,(H,27,32). The van der Waals surface area contributed by atoms with Gasteiger partial charge in [-0.15, -0.1) is 0 Å². The van der Waals surface area contributed by atoms with Gasteiger partial charge in [0.25, 0.3) is 5.91 Å². The summed E-state index contributed by atoms with van der Waals surface area (Å²) in [5.41, 5.74) is 1.67. The van der Waals surface area contributed by atoms with Crippen molar-refractivity contribution in [1.29, 1.82) is 0 Å². The summed E-state index contributed by atoms with van der Waals surface area (Å²) in [5.74, 6) is -0.0945. The van der Waals surface area contributed by atoms with E-state index >= 15 is 0 Å². The number of nitrogens with one attached hydrogen (secondary N) is 1. The second kappa shape index (κ2) is 10.5.